The maximum absolute atomic E-state index is 14.5. The van der Waals surface area contributed by atoms with E-state index >= 15 is 0 Å². The fourth-order valence-corrected chi connectivity index (χ4v) is 4.45. The molecule has 0 spiro atoms. The van der Waals surface area contributed by atoms with Crippen molar-refractivity contribution >= 4 is 39.9 Å². The van der Waals surface area contributed by atoms with Gasteiger partial charge >= 0.3 is 5.97 Å². The Kier molecular flexibility index (Phi) is 6.66. The molecule has 3 aromatic rings. The second-order valence-corrected chi connectivity index (χ2v) is 8.87. The molecule has 1 aliphatic carbocycles. The molecule has 0 atom stereocenters. The van der Waals surface area contributed by atoms with E-state index in [4.69, 9.17) is 21.4 Å². The summed E-state index contributed by atoms with van der Waals surface area (Å²) in [5.74, 6) is -2.31. The molecule has 0 aliphatic heterocycles. The quantitative estimate of drug-likeness (QED) is 0.503. The number of aromatic nitrogens is 2. The van der Waals surface area contributed by atoms with E-state index in [-0.39, 0.29) is 28.5 Å². The van der Waals surface area contributed by atoms with Crippen molar-refractivity contribution in [2.24, 2.45) is 5.92 Å². The first-order chi connectivity index (χ1) is 15.4. The van der Waals surface area contributed by atoms with Crippen LogP contribution in [-0.2, 0) is 4.79 Å². The molecule has 0 saturated heterocycles. The molecule has 166 valence electrons. The topological polar surface area (TPSA) is 101 Å². The third kappa shape index (κ3) is 5.23. The minimum Gasteiger partial charge on any atom is -0.487 e. The van der Waals surface area contributed by atoms with Gasteiger partial charge in [-0.1, -0.05) is 35.1 Å². The highest BCUT2D eigenvalue weighted by Crippen LogP contribution is 2.30. The lowest BCUT2D eigenvalue weighted by molar-refractivity contribution is -0.143. The number of hydrogen-bond acceptors (Lipinski definition) is 6. The van der Waals surface area contributed by atoms with Crippen LogP contribution in [0.3, 0.4) is 0 Å². The Morgan fingerprint density at radius 1 is 1.12 bits per heavy atom. The Hall–Kier alpha value is -3.04. The molecule has 1 aromatic heterocycles. The molecule has 1 saturated carbocycles. The number of ether oxygens (including phenoxy) is 1. The minimum atomic E-state index is -0.805. The van der Waals surface area contributed by atoms with Crippen LogP contribution < -0.4 is 10.1 Å². The summed E-state index contributed by atoms with van der Waals surface area (Å²) in [6, 6.07) is 11.1. The van der Waals surface area contributed by atoms with E-state index < -0.39 is 17.7 Å². The van der Waals surface area contributed by atoms with E-state index in [1.165, 1.54) is 23.5 Å². The number of anilines is 1. The predicted molar refractivity (Wildman–Crippen MR) is 119 cm³/mol. The average Bonchev–Trinajstić information content (AvgIpc) is 3.24. The Labute approximate surface area is 192 Å². The maximum Gasteiger partial charge on any atom is 0.306 e. The number of rotatable bonds is 6. The molecule has 1 amide bonds. The number of nitrogens with one attached hydrogen (secondary N) is 1. The number of carbonyl (C=O) groups excluding carboxylic acids is 1. The molecule has 10 heteroatoms. The highest BCUT2D eigenvalue weighted by atomic mass is 35.5. The predicted octanol–water partition coefficient (Wildman–Crippen LogP) is 5.27. The summed E-state index contributed by atoms with van der Waals surface area (Å²) in [6.45, 7) is 0. The average molecular weight is 476 g/mol. The fourth-order valence-electron chi connectivity index (χ4n) is 3.53. The van der Waals surface area contributed by atoms with E-state index in [2.05, 4.69) is 15.5 Å². The van der Waals surface area contributed by atoms with Gasteiger partial charge < -0.3 is 9.84 Å². The fraction of sp³-hybridized carbons (Fsp3) is 0.273. The van der Waals surface area contributed by atoms with E-state index in [1.807, 2.05) is 6.07 Å². The van der Waals surface area contributed by atoms with Gasteiger partial charge in [0.25, 0.3) is 5.91 Å². The van der Waals surface area contributed by atoms with Crippen molar-refractivity contribution in [1.29, 1.82) is 0 Å². The van der Waals surface area contributed by atoms with Crippen molar-refractivity contribution in [1.82, 2.24) is 10.2 Å². The summed E-state index contributed by atoms with van der Waals surface area (Å²) in [7, 11) is 0. The number of hydrogen-bond donors (Lipinski definition) is 2. The first-order valence-electron chi connectivity index (χ1n) is 9.99. The van der Waals surface area contributed by atoms with Gasteiger partial charge in [-0.05, 0) is 56.0 Å². The molecule has 7 nitrogen and oxygen atoms in total. The number of carbonyl (C=O) groups is 2. The van der Waals surface area contributed by atoms with Crippen LogP contribution in [0.1, 0.15) is 36.0 Å². The van der Waals surface area contributed by atoms with Crippen molar-refractivity contribution in [2.45, 2.75) is 31.8 Å². The van der Waals surface area contributed by atoms with Gasteiger partial charge in [0, 0.05) is 16.1 Å². The number of halogens is 2. The molecular formula is C22H19ClFN3O4S. The van der Waals surface area contributed by atoms with Gasteiger partial charge in [0.2, 0.25) is 5.13 Å². The lowest BCUT2D eigenvalue weighted by Gasteiger charge is -2.26. The molecule has 1 heterocycles. The smallest absolute Gasteiger partial charge is 0.306 e. The van der Waals surface area contributed by atoms with E-state index in [1.54, 1.807) is 18.2 Å². The number of nitrogens with zero attached hydrogens (tertiary/aromatic N) is 2. The van der Waals surface area contributed by atoms with Crippen LogP contribution in [0.25, 0.3) is 10.6 Å². The van der Waals surface area contributed by atoms with E-state index in [0.29, 0.717) is 35.7 Å². The molecule has 0 unspecified atom stereocenters. The van der Waals surface area contributed by atoms with Crippen molar-refractivity contribution in [3.8, 4) is 16.3 Å². The summed E-state index contributed by atoms with van der Waals surface area (Å²) < 4.78 is 20.2. The molecule has 32 heavy (non-hydrogen) atoms. The maximum atomic E-state index is 14.5. The van der Waals surface area contributed by atoms with Crippen LogP contribution in [0.4, 0.5) is 9.52 Å². The standard InChI is InChI=1S/C22H19ClFN3O4S/c23-15-3-1-2-14(10-15)20-26-27-22(32-20)25-19(28)13-6-9-18(17(24)11-13)31-16-7-4-12(5-8-16)21(29)30/h1-3,6,9-12,16H,4-5,7-8H2,(H,29,30)(H,25,27,28). The Bertz CT molecular complexity index is 1150. The molecule has 0 radical (unpaired) electrons. The third-order valence-electron chi connectivity index (χ3n) is 5.23. The summed E-state index contributed by atoms with van der Waals surface area (Å²) in [6.07, 6.45) is 1.85. The third-order valence-corrected chi connectivity index (χ3v) is 6.35. The van der Waals surface area contributed by atoms with Crippen LogP contribution >= 0.6 is 22.9 Å². The molecule has 1 aliphatic rings. The van der Waals surface area contributed by atoms with Crippen molar-refractivity contribution in [3.63, 3.8) is 0 Å². The first kappa shape index (κ1) is 22.2. The molecular weight excluding hydrogens is 457 g/mol. The van der Waals surface area contributed by atoms with Crippen LogP contribution in [0.5, 0.6) is 5.75 Å². The number of carboxylic acid groups (broad SMARTS) is 1. The second-order valence-electron chi connectivity index (χ2n) is 7.45. The molecule has 2 aromatic carbocycles. The lowest BCUT2D eigenvalue weighted by atomic mass is 9.87. The van der Waals surface area contributed by atoms with Gasteiger partial charge in [-0.25, -0.2) is 4.39 Å². The SMILES string of the molecule is O=C(Nc1nnc(-c2cccc(Cl)c2)s1)c1ccc(OC2CCC(C(=O)O)CC2)c(F)c1. The summed E-state index contributed by atoms with van der Waals surface area (Å²) in [5, 5.41) is 21.1. The normalized spacial score (nSPS) is 18.2. The highest BCUT2D eigenvalue weighted by molar-refractivity contribution is 7.18. The largest absolute Gasteiger partial charge is 0.487 e. The first-order valence-corrected chi connectivity index (χ1v) is 11.2. The van der Waals surface area contributed by atoms with Crippen molar-refractivity contribution < 1.29 is 23.8 Å². The Morgan fingerprint density at radius 2 is 1.91 bits per heavy atom. The van der Waals surface area contributed by atoms with Gasteiger partial charge in [0.05, 0.1) is 12.0 Å². The molecule has 0 bridgehead atoms. The molecule has 1 fully saturated rings. The number of benzene rings is 2. The van der Waals surface area contributed by atoms with Crippen LogP contribution in [-0.4, -0.2) is 33.3 Å². The van der Waals surface area contributed by atoms with Crippen LogP contribution in [0.15, 0.2) is 42.5 Å². The van der Waals surface area contributed by atoms with Crippen molar-refractivity contribution in [3.05, 3.63) is 58.9 Å². The number of carboxylic acids is 1. The van der Waals surface area contributed by atoms with Gasteiger partial charge in [0.15, 0.2) is 11.6 Å². The monoisotopic (exact) mass is 475 g/mol. The Morgan fingerprint density at radius 3 is 2.59 bits per heavy atom. The minimum absolute atomic E-state index is 0.0412. The zero-order chi connectivity index (χ0) is 22.7. The van der Waals surface area contributed by atoms with E-state index in [9.17, 15) is 14.0 Å². The summed E-state index contributed by atoms with van der Waals surface area (Å²) in [4.78, 5) is 23.6. The highest BCUT2D eigenvalue weighted by Gasteiger charge is 2.27. The zero-order valence-electron chi connectivity index (χ0n) is 16.8. The number of amides is 1. The van der Waals surface area contributed by atoms with Crippen LogP contribution in [0.2, 0.25) is 5.02 Å². The molecule has 4 rings (SSSR count). The number of aliphatic carboxylic acids is 1. The van der Waals surface area contributed by atoms with Gasteiger partial charge in [-0.3, -0.25) is 14.9 Å². The Balaban J connectivity index is 1.38. The van der Waals surface area contributed by atoms with E-state index in [0.717, 1.165) is 11.6 Å². The van der Waals surface area contributed by atoms with Gasteiger partial charge in [0.1, 0.15) is 5.01 Å². The van der Waals surface area contributed by atoms with Crippen molar-refractivity contribution in [2.75, 3.05) is 5.32 Å². The summed E-state index contributed by atoms with van der Waals surface area (Å²) in [5.41, 5.74) is 0.893. The van der Waals surface area contributed by atoms with Crippen LogP contribution in [0, 0.1) is 11.7 Å². The van der Waals surface area contributed by atoms with Gasteiger partial charge in [-0.15, -0.1) is 10.2 Å². The summed E-state index contributed by atoms with van der Waals surface area (Å²) >= 11 is 7.17. The molecule has 2 N–H and O–H groups in total. The zero-order valence-corrected chi connectivity index (χ0v) is 18.3. The van der Waals surface area contributed by atoms with Gasteiger partial charge in [-0.2, -0.15) is 0 Å². The second kappa shape index (κ2) is 9.62. The lowest BCUT2D eigenvalue weighted by Crippen LogP contribution is -2.28.